The molecular formula is C17H25N3O. The number of nitriles is 1. The average molecular weight is 287 g/mol. The Morgan fingerprint density at radius 3 is 2.67 bits per heavy atom. The van der Waals surface area contributed by atoms with Crippen molar-refractivity contribution >= 4 is 5.69 Å². The van der Waals surface area contributed by atoms with Gasteiger partial charge in [-0.15, -0.1) is 0 Å². The van der Waals surface area contributed by atoms with Gasteiger partial charge in [-0.2, -0.15) is 5.26 Å². The minimum atomic E-state index is -0.521. The number of likely N-dealkylation sites (tertiary alicyclic amines) is 1. The van der Waals surface area contributed by atoms with E-state index in [9.17, 15) is 5.11 Å². The second-order valence-corrected chi connectivity index (χ2v) is 6.19. The number of rotatable bonds is 4. The average Bonchev–Trinajstić information content (AvgIpc) is 2.48. The Morgan fingerprint density at radius 2 is 2.10 bits per heavy atom. The van der Waals surface area contributed by atoms with Crippen molar-refractivity contribution in [1.82, 2.24) is 4.90 Å². The standard InChI is InChI=1S/C17H25N3O/c1-13(21)16-5-4-15(11-18)10-17(16)20(3)12-14-6-8-19(2)9-7-14/h4-5,10,13-14,21H,6-9,12H2,1-3H3/t13-/m1/s1. The van der Waals surface area contributed by atoms with Gasteiger partial charge in [0.2, 0.25) is 0 Å². The molecule has 0 saturated carbocycles. The molecular weight excluding hydrogens is 262 g/mol. The molecule has 0 aromatic heterocycles. The van der Waals surface area contributed by atoms with E-state index in [4.69, 9.17) is 5.26 Å². The normalized spacial score (nSPS) is 18.2. The van der Waals surface area contributed by atoms with Crippen molar-refractivity contribution < 1.29 is 5.11 Å². The lowest BCUT2D eigenvalue weighted by Crippen LogP contribution is -2.36. The number of nitrogens with zero attached hydrogens (tertiary/aromatic N) is 3. The smallest absolute Gasteiger partial charge is 0.0992 e. The van der Waals surface area contributed by atoms with Crippen LogP contribution in [0.3, 0.4) is 0 Å². The molecule has 0 spiro atoms. The molecule has 1 saturated heterocycles. The first-order valence-electron chi connectivity index (χ1n) is 7.63. The monoisotopic (exact) mass is 287 g/mol. The second-order valence-electron chi connectivity index (χ2n) is 6.19. The number of hydrogen-bond donors (Lipinski definition) is 1. The molecule has 1 aliphatic heterocycles. The number of piperidine rings is 1. The Balaban J connectivity index is 2.14. The van der Waals surface area contributed by atoms with E-state index in [2.05, 4.69) is 30.0 Å². The van der Waals surface area contributed by atoms with Gasteiger partial charge in [-0.25, -0.2) is 0 Å². The van der Waals surface area contributed by atoms with Crippen LogP contribution in [0.1, 0.15) is 37.0 Å². The van der Waals surface area contributed by atoms with Crippen molar-refractivity contribution in [1.29, 1.82) is 5.26 Å². The van der Waals surface area contributed by atoms with Crippen molar-refractivity contribution in [2.24, 2.45) is 5.92 Å². The van der Waals surface area contributed by atoms with Crippen LogP contribution in [0.25, 0.3) is 0 Å². The first kappa shape index (κ1) is 15.8. The largest absolute Gasteiger partial charge is 0.389 e. The summed E-state index contributed by atoms with van der Waals surface area (Å²) in [5.41, 5.74) is 2.51. The molecule has 1 heterocycles. The van der Waals surface area contributed by atoms with Crippen molar-refractivity contribution in [3.63, 3.8) is 0 Å². The fourth-order valence-corrected chi connectivity index (χ4v) is 3.03. The van der Waals surface area contributed by atoms with Gasteiger partial charge in [-0.3, -0.25) is 0 Å². The Kier molecular flexibility index (Phi) is 5.22. The molecule has 114 valence electrons. The molecule has 0 unspecified atom stereocenters. The zero-order valence-electron chi connectivity index (χ0n) is 13.2. The summed E-state index contributed by atoms with van der Waals surface area (Å²) in [5.74, 6) is 0.679. The van der Waals surface area contributed by atoms with Crippen molar-refractivity contribution in [3.8, 4) is 6.07 Å². The Bertz CT molecular complexity index is 513. The molecule has 1 aliphatic rings. The summed E-state index contributed by atoms with van der Waals surface area (Å²) in [6, 6.07) is 7.71. The lowest BCUT2D eigenvalue weighted by Gasteiger charge is -2.33. The van der Waals surface area contributed by atoms with E-state index in [1.165, 1.54) is 12.8 Å². The first-order chi connectivity index (χ1) is 10.0. The third-order valence-electron chi connectivity index (χ3n) is 4.39. The van der Waals surface area contributed by atoms with E-state index in [1.54, 1.807) is 13.0 Å². The van der Waals surface area contributed by atoms with Crippen LogP contribution >= 0.6 is 0 Å². The fourth-order valence-electron chi connectivity index (χ4n) is 3.03. The zero-order chi connectivity index (χ0) is 15.4. The molecule has 21 heavy (non-hydrogen) atoms. The summed E-state index contributed by atoms with van der Waals surface area (Å²) in [7, 11) is 4.22. The number of aliphatic hydroxyl groups excluding tert-OH is 1. The Morgan fingerprint density at radius 1 is 1.43 bits per heavy atom. The zero-order valence-corrected chi connectivity index (χ0v) is 13.2. The van der Waals surface area contributed by atoms with Gasteiger partial charge in [0.15, 0.2) is 0 Å². The molecule has 4 nitrogen and oxygen atoms in total. The molecule has 1 fully saturated rings. The molecule has 4 heteroatoms. The van der Waals surface area contributed by atoms with E-state index in [0.29, 0.717) is 11.5 Å². The van der Waals surface area contributed by atoms with E-state index < -0.39 is 6.10 Å². The lowest BCUT2D eigenvalue weighted by molar-refractivity contribution is 0.199. The van der Waals surface area contributed by atoms with Gasteiger partial charge in [0.25, 0.3) is 0 Å². The molecule has 2 rings (SSSR count). The van der Waals surface area contributed by atoms with Crippen LogP contribution in [0, 0.1) is 17.2 Å². The van der Waals surface area contributed by atoms with Crippen LogP contribution in [-0.2, 0) is 0 Å². The second kappa shape index (κ2) is 6.93. The highest BCUT2D eigenvalue weighted by molar-refractivity contribution is 5.58. The summed E-state index contributed by atoms with van der Waals surface area (Å²) >= 11 is 0. The maximum absolute atomic E-state index is 9.94. The van der Waals surface area contributed by atoms with Crippen LogP contribution in [0.4, 0.5) is 5.69 Å². The number of hydrogen-bond acceptors (Lipinski definition) is 4. The van der Waals surface area contributed by atoms with Gasteiger partial charge in [-0.05, 0) is 58.0 Å². The third kappa shape index (κ3) is 3.96. The van der Waals surface area contributed by atoms with Gasteiger partial charge in [0.1, 0.15) is 0 Å². The minimum absolute atomic E-state index is 0.521. The van der Waals surface area contributed by atoms with E-state index in [-0.39, 0.29) is 0 Å². The van der Waals surface area contributed by atoms with E-state index in [0.717, 1.165) is 30.9 Å². The van der Waals surface area contributed by atoms with Gasteiger partial charge in [0, 0.05) is 24.8 Å². The number of aliphatic hydroxyl groups is 1. The number of benzene rings is 1. The predicted octanol–water partition coefficient (Wildman–Crippen LogP) is 2.39. The molecule has 0 bridgehead atoms. The van der Waals surface area contributed by atoms with Crippen molar-refractivity contribution in [3.05, 3.63) is 29.3 Å². The first-order valence-corrected chi connectivity index (χ1v) is 7.63. The summed E-state index contributed by atoms with van der Waals surface area (Å²) in [6.45, 7) is 5.05. The molecule has 1 aromatic carbocycles. The highest BCUT2D eigenvalue weighted by Crippen LogP contribution is 2.28. The van der Waals surface area contributed by atoms with E-state index >= 15 is 0 Å². The SMILES string of the molecule is C[C@@H](O)c1ccc(C#N)cc1N(C)CC1CCN(C)CC1. The quantitative estimate of drug-likeness (QED) is 0.924. The Hall–Kier alpha value is -1.57. The molecule has 0 aliphatic carbocycles. The Labute approximate surface area is 127 Å². The molecule has 0 amide bonds. The number of anilines is 1. The summed E-state index contributed by atoms with van der Waals surface area (Å²) < 4.78 is 0. The van der Waals surface area contributed by atoms with Crippen LogP contribution in [0.2, 0.25) is 0 Å². The maximum Gasteiger partial charge on any atom is 0.0992 e. The summed E-state index contributed by atoms with van der Waals surface area (Å²) in [4.78, 5) is 4.56. The summed E-state index contributed by atoms with van der Waals surface area (Å²) in [6.07, 6.45) is 1.90. The molecule has 0 radical (unpaired) electrons. The van der Waals surface area contributed by atoms with Crippen LogP contribution in [0.5, 0.6) is 0 Å². The highest BCUT2D eigenvalue weighted by Gasteiger charge is 2.20. The lowest BCUT2D eigenvalue weighted by atomic mass is 9.96. The van der Waals surface area contributed by atoms with Crippen LogP contribution < -0.4 is 4.90 Å². The van der Waals surface area contributed by atoms with Crippen molar-refractivity contribution in [2.45, 2.75) is 25.9 Å². The topological polar surface area (TPSA) is 50.5 Å². The van der Waals surface area contributed by atoms with Crippen molar-refractivity contribution in [2.75, 3.05) is 38.6 Å². The molecule has 1 atom stereocenters. The fraction of sp³-hybridized carbons (Fsp3) is 0.588. The molecule has 1 aromatic rings. The predicted molar refractivity (Wildman–Crippen MR) is 85.3 cm³/mol. The maximum atomic E-state index is 9.94. The summed E-state index contributed by atoms with van der Waals surface area (Å²) in [5, 5.41) is 19.0. The van der Waals surface area contributed by atoms with Gasteiger partial charge in [0.05, 0.1) is 17.7 Å². The van der Waals surface area contributed by atoms with Gasteiger partial charge >= 0.3 is 0 Å². The van der Waals surface area contributed by atoms with E-state index in [1.807, 2.05) is 12.1 Å². The van der Waals surface area contributed by atoms with Gasteiger partial charge in [-0.1, -0.05) is 6.07 Å². The highest BCUT2D eigenvalue weighted by atomic mass is 16.3. The van der Waals surface area contributed by atoms with Gasteiger partial charge < -0.3 is 14.9 Å². The minimum Gasteiger partial charge on any atom is -0.389 e. The third-order valence-corrected chi connectivity index (χ3v) is 4.39. The van der Waals surface area contributed by atoms with Crippen LogP contribution in [-0.4, -0.2) is 43.7 Å². The van der Waals surface area contributed by atoms with Crippen LogP contribution in [0.15, 0.2) is 18.2 Å². The molecule has 1 N–H and O–H groups in total.